The summed E-state index contributed by atoms with van der Waals surface area (Å²) in [7, 11) is -3.56. The fourth-order valence-electron chi connectivity index (χ4n) is 3.87. The van der Waals surface area contributed by atoms with Gasteiger partial charge in [-0.05, 0) is 49.1 Å². The van der Waals surface area contributed by atoms with Crippen LogP contribution in [0.25, 0.3) is 0 Å². The quantitative estimate of drug-likeness (QED) is 0.751. The van der Waals surface area contributed by atoms with E-state index in [4.69, 9.17) is 10.5 Å². The van der Waals surface area contributed by atoms with E-state index >= 15 is 0 Å². The number of aliphatic imine (C=N–C) groups is 1. The number of nitrogens with zero attached hydrogens (tertiary/aromatic N) is 2. The van der Waals surface area contributed by atoms with Gasteiger partial charge in [0, 0.05) is 12.6 Å². The van der Waals surface area contributed by atoms with Crippen LogP contribution in [0.5, 0.6) is 0 Å². The maximum atomic E-state index is 13.0. The average Bonchev–Trinajstić information content (AvgIpc) is 2.67. The minimum Gasteiger partial charge on any atom is -0.386 e. The molecule has 0 saturated heterocycles. The van der Waals surface area contributed by atoms with E-state index in [2.05, 4.69) is 9.98 Å². The molecule has 2 aromatic rings. The number of hydrogen-bond acceptors (Lipinski definition) is 7. The van der Waals surface area contributed by atoms with E-state index in [0.717, 1.165) is 22.3 Å². The van der Waals surface area contributed by atoms with Crippen LogP contribution in [-0.2, 0) is 33.1 Å². The number of rotatable bonds is 3. The van der Waals surface area contributed by atoms with Gasteiger partial charge >= 0.3 is 0 Å². The first kappa shape index (κ1) is 20.7. The number of hydrogen-bond donors (Lipinski definition) is 1. The number of ether oxygens (including phenoxy) is 1. The van der Waals surface area contributed by atoms with Crippen molar-refractivity contribution >= 4 is 21.5 Å². The molecule has 7 nitrogen and oxygen atoms in total. The van der Waals surface area contributed by atoms with Gasteiger partial charge in [0.25, 0.3) is 0 Å². The third-order valence-electron chi connectivity index (χ3n) is 5.99. The van der Waals surface area contributed by atoms with Crippen molar-refractivity contribution in [1.29, 1.82) is 0 Å². The van der Waals surface area contributed by atoms with Crippen molar-refractivity contribution in [3.8, 4) is 0 Å². The van der Waals surface area contributed by atoms with E-state index in [1.165, 1.54) is 0 Å². The van der Waals surface area contributed by atoms with Gasteiger partial charge in [-0.3, -0.25) is 14.8 Å². The number of benzene rings is 1. The van der Waals surface area contributed by atoms with Crippen LogP contribution in [0.4, 0.5) is 0 Å². The average molecular weight is 428 g/mol. The monoisotopic (exact) mass is 427 g/mol. The Kier molecular flexibility index (Phi) is 4.82. The van der Waals surface area contributed by atoms with E-state index in [9.17, 15) is 13.2 Å². The zero-order valence-electron chi connectivity index (χ0n) is 17.3. The predicted octanol–water partition coefficient (Wildman–Crippen LogP) is 2.11. The topological polar surface area (TPSA) is 112 Å². The van der Waals surface area contributed by atoms with Gasteiger partial charge in [0.15, 0.2) is 15.6 Å². The lowest BCUT2D eigenvalue weighted by molar-refractivity contribution is 0.0609. The third-order valence-corrected chi connectivity index (χ3v) is 8.62. The number of carbonyl (C=O) groups is 1. The first-order valence-corrected chi connectivity index (χ1v) is 11.4. The summed E-state index contributed by atoms with van der Waals surface area (Å²) in [5.41, 5.74) is 8.81. The summed E-state index contributed by atoms with van der Waals surface area (Å²) in [6.07, 6.45) is 1.83. The summed E-state index contributed by atoms with van der Waals surface area (Å²) in [5.74, 6) is -0.204. The molecule has 1 aromatic heterocycles. The lowest BCUT2D eigenvalue weighted by Gasteiger charge is -2.42. The number of Topliss-reactive ketones (excluding diaryl/α,β-unsaturated/α-hetero) is 1. The standard InChI is InChI=1S/C22H25N3O4S/c1-14-4-7-18(24-10-14)19(26)9-15-5-6-16-11-29-12-22(17(16)8-15)13-30(27,28)21(2,3)20(23)25-22/h4-8,10H,9,11-13H2,1-3H3,(H2,23,25)/t22-/m0/s1. The molecule has 0 radical (unpaired) electrons. The van der Waals surface area contributed by atoms with Crippen LogP contribution in [0.1, 0.15) is 46.6 Å². The second kappa shape index (κ2) is 6.99. The fraction of sp³-hybridized carbons (Fsp3) is 0.409. The molecule has 1 atom stereocenters. The third kappa shape index (κ3) is 3.33. The lowest BCUT2D eigenvalue weighted by Crippen LogP contribution is -2.57. The van der Waals surface area contributed by atoms with Crippen LogP contribution in [0.2, 0.25) is 0 Å². The summed E-state index contributed by atoms with van der Waals surface area (Å²) < 4.78 is 30.5. The number of sulfone groups is 1. The van der Waals surface area contributed by atoms with Gasteiger partial charge in [-0.25, -0.2) is 8.42 Å². The molecule has 2 aliphatic heterocycles. The summed E-state index contributed by atoms with van der Waals surface area (Å²) in [6.45, 7) is 5.55. The summed E-state index contributed by atoms with van der Waals surface area (Å²) in [4.78, 5) is 21.5. The molecule has 0 aliphatic carbocycles. The molecule has 1 aromatic carbocycles. The fourth-order valence-corrected chi connectivity index (χ4v) is 5.53. The summed E-state index contributed by atoms with van der Waals surface area (Å²) >= 11 is 0. The normalized spacial score (nSPS) is 24.2. The van der Waals surface area contributed by atoms with E-state index < -0.39 is 20.1 Å². The first-order chi connectivity index (χ1) is 14.0. The van der Waals surface area contributed by atoms with Crippen LogP contribution in [0.3, 0.4) is 0 Å². The molecule has 4 rings (SSSR count). The zero-order chi connectivity index (χ0) is 21.7. The number of fused-ring (bicyclic) bond motifs is 2. The Bertz CT molecular complexity index is 1150. The molecule has 0 bridgehead atoms. The van der Waals surface area contributed by atoms with Gasteiger partial charge in [0.05, 0.1) is 19.0 Å². The number of ketones is 1. The van der Waals surface area contributed by atoms with Crippen LogP contribution >= 0.6 is 0 Å². The highest BCUT2D eigenvalue weighted by atomic mass is 32.2. The van der Waals surface area contributed by atoms with Crippen LogP contribution in [0.15, 0.2) is 41.5 Å². The number of amidine groups is 1. The number of nitrogens with two attached hydrogens (primary N) is 1. The molecule has 8 heteroatoms. The molecule has 2 aliphatic rings. The van der Waals surface area contributed by atoms with Gasteiger partial charge in [-0.2, -0.15) is 0 Å². The number of carbonyl (C=O) groups excluding carboxylic acids is 1. The second-order valence-electron chi connectivity index (χ2n) is 8.60. The minimum absolute atomic E-state index is 0.0792. The number of aryl methyl sites for hydroxylation is 1. The largest absolute Gasteiger partial charge is 0.386 e. The minimum atomic E-state index is -3.56. The maximum absolute atomic E-state index is 13.0. The molecule has 0 fully saturated rings. The molecule has 1 spiro atoms. The molecule has 30 heavy (non-hydrogen) atoms. The van der Waals surface area contributed by atoms with Gasteiger partial charge in [-0.1, -0.05) is 24.3 Å². The van der Waals surface area contributed by atoms with Crippen LogP contribution in [-0.4, -0.2) is 42.1 Å². The van der Waals surface area contributed by atoms with E-state index in [-0.39, 0.29) is 30.4 Å². The van der Waals surface area contributed by atoms with Gasteiger partial charge in [0.2, 0.25) is 0 Å². The van der Waals surface area contributed by atoms with Crippen molar-refractivity contribution in [2.45, 2.75) is 44.1 Å². The maximum Gasteiger partial charge on any atom is 0.185 e. The van der Waals surface area contributed by atoms with Gasteiger partial charge in [0.1, 0.15) is 21.8 Å². The Hall–Kier alpha value is -2.58. The van der Waals surface area contributed by atoms with Crippen molar-refractivity contribution < 1.29 is 17.9 Å². The zero-order valence-corrected chi connectivity index (χ0v) is 18.1. The van der Waals surface area contributed by atoms with Crippen molar-refractivity contribution in [3.05, 3.63) is 64.5 Å². The van der Waals surface area contributed by atoms with Gasteiger partial charge < -0.3 is 10.5 Å². The van der Waals surface area contributed by atoms with Crippen molar-refractivity contribution in [2.24, 2.45) is 10.7 Å². The van der Waals surface area contributed by atoms with E-state index in [0.29, 0.717) is 12.3 Å². The molecule has 0 saturated carbocycles. The first-order valence-electron chi connectivity index (χ1n) is 9.78. The highest BCUT2D eigenvalue weighted by Crippen LogP contribution is 2.41. The highest BCUT2D eigenvalue weighted by molar-refractivity contribution is 7.93. The molecule has 0 unspecified atom stereocenters. The lowest BCUT2D eigenvalue weighted by atomic mass is 9.85. The Morgan fingerprint density at radius 2 is 2.00 bits per heavy atom. The van der Waals surface area contributed by atoms with Gasteiger partial charge in [-0.15, -0.1) is 0 Å². The predicted molar refractivity (Wildman–Crippen MR) is 114 cm³/mol. The summed E-state index contributed by atoms with van der Waals surface area (Å²) in [5, 5.41) is 0. The molecule has 3 heterocycles. The smallest absolute Gasteiger partial charge is 0.185 e. The van der Waals surface area contributed by atoms with E-state index in [1.807, 2.05) is 31.2 Å². The number of aromatic nitrogens is 1. The molecule has 2 N–H and O–H groups in total. The van der Waals surface area contributed by atoms with Crippen molar-refractivity contribution in [2.75, 3.05) is 12.4 Å². The van der Waals surface area contributed by atoms with Crippen molar-refractivity contribution in [3.63, 3.8) is 0 Å². The second-order valence-corrected chi connectivity index (χ2v) is 11.1. The van der Waals surface area contributed by atoms with Crippen LogP contribution < -0.4 is 5.73 Å². The molecule has 0 amide bonds. The highest BCUT2D eigenvalue weighted by Gasteiger charge is 2.52. The van der Waals surface area contributed by atoms with E-state index in [1.54, 1.807) is 26.1 Å². The molecule has 158 valence electrons. The molecular weight excluding hydrogens is 402 g/mol. The molecular formula is C22H25N3O4S. The Balaban J connectivity index is 1.73. The van der Waals surface area contributed by atoms with Crippen LogP contribution in [0, 0.1) is 6.92 Å². The summed E-state index contributed by atoms with van der Waals surface area (Å²) in [6, 6.07) is 9.17. The SMILES string of the molecule is Cc1ccc(C(=O)Cc2ccc3c(c2)[C@]2(COC3)CS(=O)(=O)C(C)(C)C(N)=N2)nc1. The Labute approximate surface area is 176 Å². The van der Waals surface area contributed by atoms with Crippen molar-refractivity contribution in [1.82, 2.24) is 4.98 Å². The number of pyridine rings is 1. The Morgan fingerprint density at radius 1 is 1.23 bits per heavy atom. The Morgan fingerprint density at radius 3 is 2.67 bits per heavy atom.